The van der Waals surface area contributed by atoms with Crippen molar-refractivity contribution in [1.82, 2.24) is 0 Å². The molecule has 0 N–H and O–H groups in total. The van der Waals surface area contributed by atoms with Gasteiger partial charge in [0, 0.05) is 6.07 Å². The molecule has 0 amide bonds. The molecule has 4 aromatic carbocycles. The zero-order valence-electron chi connectivity index (χ0n) is 16.4. The van der Waals surface area contributed by atoms with Crippen molar-refractivity contribution >= 4 is 0 Å². The third kappa shape index (κ3) is 4.82. The van der Waals surface area contributed by atoms with Crippen LogP contribution in [0, 0.1) is 22.7 Å². The lowest BCUT2D eigenvalue weighted by atomic mass is 10.1. The van der Waals surface area contributed by atoms with E-state index in [0.717, 1.165) is 0 Å². The summed E-state index contributed by atoms with van der Waals surface area (Å²) in [6.07, 6.45) is 0. The SMILES string of the molecule is N#Cc1ccc(Oc2cc(Oc3ccccc3)ccc2Oc2ccccc2)cc1C#N. The van der Waals surface area contributed by atoms with Crippen LogP contribution in [-0.2, 0) is 0 Å². The van der Waals surface area contributed by atoms with Crippen LogP contribution in [0.2, 0.25) is 0 Å². The lowest BCUT2D eigenvalue weighted by Crippen LogP contribution is -1.93. The Kier molecular flexibility index (Phi) is 5.79. The Labute approximate surface area is 179 Å². The van der Waals surface area contributed by atoms with Gasteiger partial charge >= 0.3 is 0 Å². The lowest BCUT2D eigenvalue weighted by Gasteiger charge is -2.14. The zero-order valence-corrected chi connectivity index (χ0v) is 16.4. The molecule has 5 heteroatoms. The summed E-state index contributed by atoms with van der Waals surface area (Å²) in [5, 5.41) is 18.4. The third-order valence-corrected chi connectivity index (χ3v) is 4.32. The number of ether oxygens (including phenoxy) is 3. The molecule has 0 unspecified atom stereocenters. The minimum Gasteiger partial charge on any atom is -0.457 e. The quantitative estimate of drug-likeness (QED) is 0.353. The molecule has 148 valence electrons. The van der Waals surface area contributed by atoms with Crippen molar-refractivity contribution in [3.63, 3.8) is 0 Å². The van der Waals surface area contributed by atoms with Gasteiger partial charge in [-0.05, 0) is 54.6 Å². The van der Waals surface area contributed by atoms with Crippen molar-refractivity contribution in [2.24, 2.45) is 0 Å². The minimum atomic E-state index is 0.238. The molecule has 4 rings (SSSR count). The van der Waals surface area contributed by atoms with Gasteiger partial charge in [-0.25, -0.2) is 0 Å². The van der Waals surface area contributed by atoms with E-state index in [1.807, 2.05) is 72.8 Å². The van der Waals surface area contributed by atoms with Crippen LogP contribution in [0.5, 0.6) is 34.5 Å². The van der Waals surface area contributed by atoms with Crippen LogP contribution in [0.1, 0.15) is 11.1 Å². The molecule has 0 fully saturated rings. The van der Waals surface area contributed by atoms with E-state index in [-0.39, 0.29) is 11.1 Å². The summed E-state index contributed by atoms with van der Waals surface area (Å²) >= 11 is 0. The standard InChI is InChI=1S/C26H16N2O3/c27-17-19-11-12-23(15-20(19)18-28)31-26-16-24(29-21-7-3-1-4-8-21)13-14-25(26)30-22-9-5-2-6-10-22/h1-16H. The van der Waals surface area contributed by atoms with Gasteiger partial charge in [0.2, 0.25) is 0 Å². The number of para-hydroxylation sites is 2. The summed E-state index contributed by atoms with van der Waals surface area (Å²) in [5.74, 6) is 3.21. The first-order valence-corrected chi connectivity index (χ1v) is 9.47. The molecule has 0 saturated carbocycles. The van der Waals surface area contributed by atoms with Crippen molar-refractivity contribution in [1.29, 1.82) is 10.5 Å². The number of benzene rings is 4. The van der Waals surface area contributed by atoms with Crippen LogP contribution in [0.3, 0.4) is 0 Å². The summed E-state index contributed by atoms with van der Waals surface area (Å²) < 4.78 is 17.9. The second-order valence-electron chi connectivity index (χ2n) is 6.47. The van der Waals surface area contributed by atoms with Crippen molar-refractivity contribution < 1.29 is 14.2 Å². The topological polar surface area (TPSA) is 75.3 Å². The van der Waals surface area contributed by atoms with E-state index >= 15 is 0 Å². The maximum Gasteiger partial charge on any atom is 0.173 e. The van der Waals surface area contributed by atoms with Crippen LogP contribution in [0.25, 0.3) is 0 Å². The highest BCUT2D eigenvalue weighted by molar-refractivity contribution is 5.53. The Balaban J connectivity index is 1.69. The van der Waals surface area contributed by atoms with E-state index in [1.165, 1.54) is 6.07 Å². The summed E-state index contributed by atoms with van der Waals surface area (Å²) in [7, 11) is 0. The highest BCUT2D eigenvalue weighted by atomic mass is 16.5. The van der Waals surface area contributed by atoms with E-state index in [9.17, 15) is 5.26 Å². The predicted molar refractivity (Wildman–Crippen MR) is 115 cm³/mol. The van der Waals surface area contributed by atoms with E-state index in [2.05, 4.69) is 0 Å². The van der Waals surface area contributed by atoms with Gasteiger partial charge in [-0.15, -0.1) is 0 Å². The summed E-state index contributed by atoms with van der Waals surface area (Å²) in [6, 6.07) is 32.7. The van der Waals surface area contributed by atoms with Crippen LogP contribution < -0.4 is 14.2 Å². The largest absolute Gasteiger partial charge is 0.457 e. The van der Waals surface area contributed by atoms with Crippen LogP contribution in [-0.4, -0.2) is 0 Å². The van der Waals surface area contributed by atoms with Gasteiger partial charge in [-0.1, -0.05) is 36.4 Å². The fourth-order valence-corrected chi connectivity index (χ4v) is 2.86. The number of nitriles is 2. The smallest absolute Gasteiger partial charge is 0.173 e. The molecule has 0 bridgehead atoms. The van der Waals surface area contributed by atoms with E-state index in [4.69, 9.17) is 19.5 Å². The summed E-state index contributed by atoms with van der Waals surface area (Å²) in [4.78, 5) is 0. The fourth-order valence-electron chi connectivity index (χ4n) is 2.86. The van der Waals surface area contributed by atoms with Crippen molar-refractivity contribution in [3.8, 4) is 46.6 Å². The fraction of sp³-hybridized carbons (Fsp3) is 0. The number of hydrogen-bond donors (Lipinski definition) is 0. The number of nitrogens with zero attached hydrogens (tertiary/aromatic N) is 2. The highest BCUT2D eigenvalue weighted by Gasteiger charge is 2.12. The molecule has 0 aliphatic carbocycles. The molecule has 5 nitrogen and oxygen atoms in total. The molecule has 0 aromatic heterocycles. The highest BCUT2D eigenvalue weighted by Crippen LogP contribution is 2.39. The molecule has 0 aliphatic heterocycles. The lowest BCUT2D eigenvalue weighted by molar-refractivity contribution is 0.412. The molecule has 0 radical (unpaired) electrons. The molecule has 0 saturated heterocycles. The second kappa shape index (κ2) is 9.17. The maximum absolute atomic E-state index is 9.30. The van der Waals surface area contributed by atoms with E-state index in [1.54, 1.807) is 30.3 Å². The van der Waals surface area contributed by atoms with Crippen molar-refractivity contribution in [3.05, 3.63) is 108 Å². The van der Waals surface area contributed by atoms with E-state index < -0.39 is 0 Å². The normalized spacial score (nSPS) is 9.87. The first kappa shape index (κ1) is 19.6. The monoisotopic (exact) mass is 404 g/mol. The Morgan fingerprint density at radius 1 is 0.452 bits per heavy atom. The van der Waals surface area contributed by atoms with Gasteiger partial charge < -0.3 is 14.2 Å². The van der Waals surface area contributed by atoms with Gasteiger partial charge in [-0.3, -0.25) is 0 Å². The van der Waals surface area contributed by atoms with Crippen molar-refractivity contribution in [2.75, 3.05) is 0 Å². The minimum absolute atomic E-state index is 0.238. The van der Waals surface area contributed by atoms with Crippen LogP contribution in [0.4, 0.5) is 0 Å². The van der Waals surface area contributed by atoms with Gasteiger partial charge in [0.15, 0.2) is 11.5 Å². The first-order chi connectivity index (χ1) is 15.2. The summed E-state index contributed by atoms with van der Waals surface area (Å²) in [5.41, 5.74) is 0.527. The van der Waals surface area contributed by atoms with Crippen molar-refractivity contribution in [2.45, 2.75) is 0 Å². The first-order valence-electron chi connectivity index (χ1n) is 9.47. The second-order valence-corrected chi connectivity index (χ2v) is 6.47. The number of rotatable bonds is 6. The van der Waals surface area contributed by atoms with Crippen LogP contribution >= 0.6 is 0 Å². The maximum atomic E-state index is 9.30. The average Bonchev–Trinajstić information content (AvgIpc) is 2.82. The molecule has 4 aromatic rings. The molecule has 0 aliphatic rings. The summed E-state index contributed by atoms with van der Waals surface area (Å²) in [6.45, 7) is 0. The van der Waals surface area contributed by atoms with Gasteiger partial charge in [-0.2, -0.15) is 10.5 Å². The Morgan fingerprint density at radius 3 is 1.65 bits per heavy atom. The molecule has 31 heavy (non-hydrogen) atoms. The third-order valence-electron chi connectivity index (χ3n) is 4.32. The number of hydrogen-bond acceptors (Lipinski definition) is 5. The molecule has 0 atom stereocenters. The molecular formula is C26H16N2O3. The Hall–Kier alpha value is -4.74. The molecule has 0 spiro atoms. The van der Waals surface area contributed by atoms with Gasteiger partial charge in [0.1, 0.15) is 35.1 Å². The Bertz CT molecular complexity index is 1270. The Morgan fingerprint density at radius 2 is 1.00 bits per heavy atom. The molecular weight excluding hydrogens is 388 g/mol. The average molecular weight is 404 g/mol. The predicted octanol–water partition coefficient (Wildman–Crippen LogP) is 6.81. The van der Waals surface area contributed by atoms with Crippen LogP contribution in [0.15, 0.2) is 97.1 Å². The van der Waals surface area contributed by atoms with Gasteiger partial charge in [0.25, 0.3) is 0 Å². The zero-order chi connectivity index (χ0) is 21.5. The molecule has 0 heterocycles. The van der Waals surface area contributed by atoms with Gasteiger partial charge in [0.05, 0.1) is 11.1 Å². The van der Waals surface area contributed by atoms with E-state index in [0.29, 0.717) is 34.5 Å².